The van der Waals surface area contributed by atoms with Gasteiger partial charge < -0.3 is 14.3 Å². The van der Waals surface area contributed by atoms with Crippen LogP contribution in [0.25, 0.3) is 0 Å². The van der Waals surface area contributed by atoms with Crippen molar-refractivity contribution in [2.24, 2.45) is 0 Å². The molecule has 2 atom stereocenters. The van der Waals surface area contributed by atoms with Crippen LogP contribution in [0, 0.1) is 0 Å². The van der Waals surface area contributed by atoms with Gasteiger partial charge in [0.2, 0.25) is 0 Å². The van der Waals surface area contributed by atoms with E-state index in [1.165, 1.54) is 0 Å². The van der Waals surface area contributed by atoms with Crippen molar-refractivity contribution in [2.45, 2.75) is 63.6 Å². The molecule has 2 bridgehead atoms. The van der Waals surface area contributed by atoms with Gasteiger partial charge in [-0.1, -0.05) is 37.2 Å². The van der Waals surface area contributed by atoms with Crippen LogP contribution in [0.3, 0.4) is 0 Å². The molecule has 28 heavy (non-hydrogen) atoms. The van der Waals surface area contributed by atoms with Gasteiger partial charge in [0.1, 0.15) is 5.76 Å². The van der Waals surface area contributed by atoms with Crippen LogP contribution in [0.15, 0.2) is 40.9 Å². The van der Waals surface area contributed by atoms with Gasteiger partial charge in [-0.05, 0) is 37.8 Å². The Kier molecular flexibility index (Phi) is 4.96. The number of amides is 2. The lowest BCUT2D eigenvalue weighted by molar-refractivity contribution is 0.0400. The molecule has 148 valence electrons. The van der Waals surface area contributed by atoms with Crippen molar-refractivity contribution in [2.75, 3.05) is 7.05 Å². The van der Waals surface area contributed by atoms with Gasteiger partial charge in [0.15, 0.2) is 5.69 Å². The Morgan fingerprint density at radius 3 is 2.36 bits per heavy atom. The first-order valence-corrected chi connectivity index (χ1v) is 10.1. The maximum Gasteiger partial charge on any atom is 0.276 e. The fourth-order valence-electron chi connectivity index (χ4n) is 4.54. The number of hydrogen-bond donors (Lipinski definition) is 0. The SMILES string of the molecule is CC(C)c1cc(C(=O)N2[C@H]3CC[C@H]2CC(N(C)C(=O)c2ccccc2)C3)no1. The predicted octanol–water partition coefficient (Wildman–Crippen LogP) is 3.71. The van der Waals surface area contributed by atoms with Crippen molar-refractivity contribution >= 4 is 11.8 Å². The number of piperidine rings is 1. The van der Waals surface area contributed by atoms with E-state index in [9.17, 15) is 9.59 Å². The van der Waals surface area contributed by atoms with Gasteiger partial charge in [-0.2, -0.15) is 0 Å². The first-order valence-electron chi connectivity index (χ1n) is 10.1. The smallest absolute Gasteiger partial charge is 0.276 e. The second-order valence-electron chi connectivity index (χ2n) is 8.27. The van der Waals surface area contributed by atoms with Crippen molar-refractivity contribution in [1.82, 2.24) is 15.0 Å². The highest BCUT2D eigenvalue weighted by molar-refractivity contribution is 5.94. The molecule has 2 saturated heterocycles. The number of nitrogens with zero attached hydrogens (tertiary/aromatic N) is 3. The van der Waals surface area contributed by atoms with Gasteiger partial charge in [-0.15, -0.1) is 0 Å². The third-order valence-corrected chi connectivity index (χ3v) is 6.15. The third kappa shape index (κ3) is 3.32. The molecule has 2 fully saturated rings. The van der Waals surface area contributed by atoms with E-state index in [0.29, 0.717) is 11.3 Å². The topological polar surface area (TPSA) is 66.7 Å². The zero-order valence-electron chi connectivity index (χ0n) is 16.7. The van der Waals surface area contributed by atoms with Crippen LogP contribution in [0.5, 0.6) is 0 Å². The highest BCUT2D eigenvalue weighted by atomic mass is 16.5. The molecule has 0 saturated carbocycles. The summed E-state index contributed by atoms with van der Waals surface area (Å²) in [6.07, 6.45) is 3.59. The number of rotatable bonds is 4. The van der Waals surface area contributed by atoms with E-state index in [-0.39, 0.29) is 35.9 Å². The molecule has 2 aromatic rings. The number of fused-ring (bicyclic) bond motifs is 2. The molecule has 1 aromatic heterocycles. The third-order valence-electron chi connectivity index (χ3n) is 6.15. The summed E-state index contributed by atoms with van der Waals surface area (Å²) in [5, 5.41) is 4.00. The molecule has 2 aliphatic rings. The molecule has 1 aromatic carbocycles. The van der Waals surface area contributed by atoms with Gasteiger partial charge in [-0.25, -0.2) is 0 Å². The second kappa shape index (κ2) is 7.41. The van der Waals surface area contributed by atoms with Crippen LogP contribution in [-0.2, 0) is 0 Å². The normalized spacial score (nSPS) is 23.9. The number of carbonyl (C=O) groups is 2. The Hall–Kier alpha value is -2.63. The number of aromatic nitrogens is 1. The minimum atomic E-state index is -0.0429. The standard InChI is InChI=1S/C22H27N3O3/c1-14(2)20-13-19(23-28-20)22(27)25-16-9-10-17(25)12-18(11-16)24(3)21(26)15-7-5-4-6-8-15/h4-8,13-14,16-18H,9-12H2,1-3H3/t16-,17-/m0/s1. The van der Waals surface area contributed by atoms with Crippen LogP contribution in [0.2, 0.25) is 0 Å². The summed E-state index contributed by atoms with van der Waals surface area (Å²) in [5.74, 6) is 0.939. The minimum Gasteiger partial charge on any atom is -0.360 e. The van der Waals surface area contributed by atoms with E-state index in [1.807, 2.05) is 61.0 Å². The molecule has 6 nitrogen and oxygen atoms in total. The average molecular weight is 381 g/mol. The maximum atomic E-state index is 13.1. The van der Waals surface area contributed by atoms with E-state index >= 15 is 0 Å². The second-order valence-corrected chi connectivity index (χ2v) is 8.27. The molecule has 2 aliphatic heterocycles. The Morgan fingerprint density at radius 1 is 1.14 bits per heavy atom. The summed E-state index contributed by atoms with van der Waals surface area (Å²) >= 11 is 0. The zero-order valence-corrected chi connectivity index (χ0v) is 16.7. The first kappa shape index (κ1) is 18.7. The highest BCUT2D eigenvalue weighted by Gasteiger charge is 2.45. The molecule has 0 N–H and O–H groups in total. The van der Waals surface area contributed by atoms with E-state index in [0.717, 1.165) is 31.4 Å². The monoisotopic (exact) mass is 381 g/mol. The number of hydrogen-bond acceptors (Lipinski definition) is 4. The summed E-state index contributed by atoms with van der Waals surface area (Å²) < 4.78 is 5.32. The maximum absolute atomic E-state index is 13.1. The van der Waals surface area contributed by atoms with Crippen LogP contribution >= 0.6 is 0 Å². The fourth-order valence-corrected chi connectivity index (χ4v) is 4.54. The summed E-state index contributed by atoms with van der Waals surface area (Å²) in [6, 6.07) is 11.6. The Morgan fingerprint density at radius 2 is 1.79 bits per heavy atom. The largest absolute Gasteiger partial charge is 0.360 e. The average Bonchev–Trinajstić information content (AvgIpc) is 3.30. The summed E-state index contributed by atoms with van der Waals surface area (Å²) in [7, 11) is 1.88. The molecular formula is C22H27N3O3. The molecule has 2 amide bonds. The number of carbonyl (C=O) groups excluding carboxylic acids is 2. The van der Waals surface area contributed by atoms with Gasteiger partial charge in [-0.3, -0.25) is 9.59 Å². The van der Waals surface area contributed by atoms with Gasteiger partial charge in [0.05, 0.1) is 0 Å². The molecule has 0 spiro atoms. The molecule has 4 rings (SSSR count). The molecule has 0 unspecified atom stereocenters. The molecule has 3 heterocycles. The van der Waals surface area contributed by atoms with E-state index in [2.05, 4.69) is 5.16 Å². The Labute approximate surface area is 165 Å². The van der Waals surface area contributed by atoms with Gasteiger partial charge in [0.25, 0.3) is 11.8 Å². The first-order chi connectivity index (χ1) is 13.5. The molecule has 0 aliphatic carbocycles. The lowest BCUT2D eigenvalue weighted by atomic mass is 9.95. The van der Waals surface area contributed by atoms with Crippen molar-refractivity contribution < 1.29 is 14.1 Å². The zero-order chi connectivity index (χ0) is 19.8. The fraction of sp³-hybridized carbons (Fsp3) is 0.500. The van der Waals surface area contributed by atoms with E-state index < -0.39 is 0 Å². The van der Waals surface area contributed by atoms with Crippen LogP contribution in [0.1, 0.15) is 72.1 Å². The Balaban J connectivity index is 1.47. The summed E-state index contributed by atoms with van der Waals surface area (Å²) in [6.45, 7) is 4.03. The number of benzene rings is 1. The highest BCUT2D eigenvalue weighted by Crippen LogP contribution is 2.38. The van der Waals surface area contributed by atoms with E-state index in [4.69, 9.17) is 4.52 Å². The van der Waals surface area contributed by atoms with Crippen molar-refractivity contribution in [3.8, 4) is 0 Å². The summed E-state index contributed by atoms with van der Waals surface area (Å²) in [4.78, 5) is 29.7. The lowest BCUT2D eigenvalue weighted by Gasteiger charge is -2.42. The van der Waals surface area contributed by atoms with Crippen LogP contribution in [0.4, 0.5) is 0 Å². The minimum absolute atomic E-state index is 0.0429. The van der Waals surface area contributed by atoms with Gasteiger partial charge in [0, 0.05) is 42.7 Å². The van der Waals surface area contributed by atoms with Crippen molar-refractivity contribution in [3.05, 3.63) is 53.4 Å². The lowest BCUT2D eigenvalue weighted by Crippen LogP contribution is -2.52. The summed E-state index contributed by atoms with van der Waals surface area (Å²) in [5.41, 5.74) is 1.10. The van der Waals surface area contributed by atoms with Crippen molar-refractivity contribution in [1.29, 1.82) is 0 Å². The molecule has 6 heteroatoms. The Bertz CT molecular complexity index is 847. The van der Waals surface area contributed by atoms with Crippen molar-refractivity contribution in [3.63, 3.8) is 0 Å². The quantitative estimate of drug-likeness (QED) is 0.810. The molecule has 0 radical (unpaired) electrons. The predicted molar refractivity (Wildman–Crippen MR) is 105 cm³/mol. The van der Waals surface area contributed by atoms with E-state index in [1.54, 1.807) is 6.07 Å². The van der Waals surface area contributed by atoms with Crippen LogP contribution in [-0.4, -0.2) is 51.9 Å². The van der Waals surface area contributed by atoms with Gasteiger partial charge >= 0.3 is 0 Å². The molecular weight excluding hydrogens is 354 g/mol. The van der Waals surface area contributed by atoms with Crippen LogP contribution < -0.4 is 0 Å².